The van der Waals surface area contributed by atoms with Crippen LogP contribution in [0.15, 0.2) is 36.5 Å². The lowest BCUT2D eigenvalue weighted by Crippen LogP contribution is -2.26. The van der Waals surface area contributed by atoms with E-state index in [9.17, 15) is 9.59 Å². The maximum atomic E-state index is 12.1. The predicted molar refractivity (Wildman–Crippen MR) is 88.8 cm³/mol. The first-order valence-electron chi connectivity index (χ1n) is 7.36. The molecule has 0 radical (unpaired) electrons. The Morgan fingerprint density at radius 1 is 1.22 bits per heavy atom. The lowest BCUT2D eigenvalue weighted by atomic mass is 10.1. The molecule has 0 amide bonds. The van der Waals surface area contributed by atoms with Gasteiger partial charge in [-0.15, -0.1) is 0 Å². The first-order chi connectivity index (χ1) is 10.8. The molecule has 0 spiro atoms. The van der Waals surface area contributed by atoms with E-state index in [1.54, 1.807) is 6.08 Å². The second kappa shape index (κ2) is 6.69. The molecule has 0 N–H and O–H groups in total. The van der Waals surface area contributed by atoms with Crippen LogP contribution < -0.4 is 0 Å². The van der Waals surface area contributed by atoms with Crippen LogP contribution >= 0.6 is 0 Å². The standard InChI is InChI=1S/C18H21NO4/c1-18(2,3)23-17(21)12-19-11-13(9-10-16(20)22-4)14-7-5-6-8-15(14)19/h5-11H,12H2,1-4H3. The summed E-state index contributed by atoms with van der Waals surface area (Å²) < 4.78 is 11.8. The molecule has 0 aliphatic carbocycles. The Hall–Kier alpha value is -2.56. The molecule has 23 heavy (non-hydrogen) atoms. The number of rotatable bonds is 4. The van der Waals surface area contributed by atoms with Crippen LogP contribution in [0, 0.1) is 0 Å². The zero-order valence-electron chi connectivity index (χ0n) is 13.8. The number of ether oxygens (including phenoxy) is 2. The highest BCUT2D eigenvalue weighted by Crippen LogP contribution is 2.23. The van der Waals surface area contributed by atoms with Crippen LogP contribution in [0.3, 0.4) is 0 Å². The topological polar surface area (TPSA) is 57.5 Å². The fraction of sp³-hybridized carbons (Fsp3) is 0.333. The van der Waals surface area contributed by atoms with Gasteiger partial charge < -0.3 is 14.0 Å². The summed E-state index contributed by atoms with van der Waals surface area (Å²) >= 11 is 0. The van der Waals surface area contributed by atoms with Gasteiger partial charge in [0, 0.05) is 28.7 Å². The molecule has 5 heteroatoms. The zero-order chi connectivity index (χ0) is 17.0. The Balaban J connectivity index is 2.32. The number of aromatic nitrogens is 1. The highest BCUT2D eigenvalue weighted by Gasteiger charge is 2.17. The second-order valence-corrected chi connectivity index (χ2v) is 6.17. The first-order valence-corrected chi connectivity index (χ1v) is 7.36. The molecule has 0 saturated heterocycles. The van der Waals surface area contributed by atoms with E-state index in [4.69, 9.17) is 4.74 Å². The fourth-order valence-corrected chi connectivity index (χ4v) is 2.28. The van der Waals surface area contributed by atoms with Gasteiger partial charge in [0.15, 0.2) is 0 Å². The molecule has 0 aliphatic heterocycles. The van der Waals surface area contributed by atoms with Crippen molar-refractivity contribution in [2.75, 3.05) is 7.11 Å². The van der Waals surface area contributed by atoms with Crippen molar-refractivity contribution >= 4 is 28.9 Å². The van der Waals surface area contributed by atoms with Crippen molar-refractivity contribution < 1.29 is 19.1 Å². The minimum absolute atomic E-state index is 0.115. The smallest absolute Gasteiger partial charge is 0.330 e. The number of para-hydroxylation sites is 1. The van der Waals surface area contributed by atoms with Gasteiger partial charge in [-0.05, 0) is 32.9 Å². The summed E-state index contributed by atoms with van der Waals surface area (Å²) in [6.45, 7) is 5.62. The minimum atomic E-state index is -0.520. The van der Waals surface area contributed by atoms with Gasteiger partial charge in [0.05, 0.1) is 7.11 Å². The van der Waals surface area contributed by atoms with Gasteiger partial charge in [-0.25, -0.2) is 4.79 Å². The maximum Gasteiger partial charge on any atom is 0.330 e. The minimum Gasteiger partial charge on any atom is -0.466 e. The van der Waals surface area contributed by atoms with E-state index >= 15 is 0 Å². The normalized spacial score (nSPS) is 11.8. The number of fused-ring (bicyclic) bond motifs is 1. The SMILES string of the molecule is COC(=O)C=Cc1cn(CC(=O)OC(C)(C)C)c2ccccc12. The molecule has 5 nitrogen and oxygen atoms in total. The Bertz CT molecular complexity index is 750. The molecule has 0 bridgehead atoms. The molecular weight excluding hydrogens is 294 g/mol. The van der Waals surface area contributed by atoms with Gasteiger partial charge in [-0.1, -0.05) is 18.2 Å². The number of carbonyl (C=O) groups excluding carboxylic acids is 2. The third-order valence-corrected chi connectivity index (χ3v) is 3.14. The van der Waals surface area contributed by atoms with Crippen LogP contribution in [-0.2, 0) is 25.6 Å². The van der Waals surface area contributed by atoms with Gasteiger partial charge in [0.1, 0.15) is 12.1 Å². The summed E-state index contributed by atoms with van der Waals surface area (Å²) in [5.41, 5.74) is 1.23. The van der Waals surface area contributed by atoms with Crippen molar-refractivity contribution in [1.29, 1.82) is 0 Å². The average Bonchev–Trinajstić information content (AvgIpc) is 2.81. The van der Waals surface area contributed by atoms with E-state index in [1.807, 2.05) is 55.8 Å². The molecule has 1 heterocycles. The van der Waals surface area contributed by atoms with Gasteiger partial charge in [-0.2, -0.15) is 0 Å². The molecule has 1 aromatic heterocycles. The molecule has 0 unspecified atom stereocenters. The maximum absolute atomic E-state index is 12.1. The van der Waals surface area contributed by atoms with Crippen molar-refractivity contribution in [3.05, 3.63) is 42.1 Å². The van der Waals surface area contributed by atoms with Crippen molar-refractivity contribution in [3.63, 3.8) is 0 Å². The Morgan fingerprint density at radius 2 is 1.91 bits per heavy atom. The largest absolute Gasteiger partial charge is 0.466 e. The van der Waals surface area contributed by atoms with E-state index in [-0.39, 0.29) is 12.5 Å². The Kier molecular flexibility index (Phi) is 4.89. The molecule has 0 atom stereocenters. The number of carbonyl (C=O) groups is 2. The quantitative estimate of drug-likeness (QED) is 0.642. The van der Waals surface area contributed by atoms with Gasteiger partial charge in [0.25, 0.3) is 0 Å². The van der Waals surface area contributed by atoms with E-state index < -0.39 is 11.6 Å². The number of methoxy groups -OCH3 is 1. The third kappa shape index (κ3) is 4.45. The molecule has 2 aromatic rings. The van der Waals surface area contributed by atoms with E-state index in [0.717, 1.165) is 16.5 Å². The molecule has 0 aliphatic rings. The van der Waals surface area contributed by atoms with Crippen LogP contribution in [-0.4, -0.2) is 29.2 Å². The highest BCUT2D eigenvalue weighted by atomic mass is 16.6. The molecule has 2 rings (SSSR count). The number of hydrogen-bond donors (Lipinski definition) is 0. The van der Waals surface area contributed by atoms with Crippen LogP contribution in [0.1, 0.15) is 26.3 Å². The van der Waals surface area contributed by atoms with Gasteiger partial charge in [-0.3, -0.25) is 4.79 Å². The highest BCUT2D eigenvalue weighted by molar-refractivity contribution is 5.94. The van der Waals surface area contributed by atoms with Crippen molar-refractivity contribution in [3.8, 4) is 0 Å². The summed E-state index contributed by atoms with van der Waals surface area (Å²) in [5, 5.41) is 0.955. The number of benzene rings is 1. The monoisotopic (exact) mass is 315 g/mol. The summed E-state index contributed by atoms with van der Waals surface area (Å²) in [4.78, 5) is 23.3. The predicted octanol–water partition coefficient (Wildman–Crippen LogP) is 3.17. The van der Waals surface area contributed by atoms with E-state index in [1.165, 1.54) is 13.2 Å². The Morgan fingerprint density at radius 3 is 2.57 bits per heavy atom. The molecule has 0 saturated carbocycles. The summed E-state index contributed by atoms with van der Waals surface area (Å²) in [6, 6.07) is 7.68. The van der Waals surface area contributed by atoms with Crippen molar-refractivity contribution in [2.24, 2.45) is 0 Å². The second-order valence-electron chi connectivity index (χ2n) is 6.17. The Labute approximate surface area is 135 Å². The van der Waals surface area contributed by atoms with Gasteiger partial charge >= 0.3 is 11.9 Å². The molecule has 122 valence electrons. The van der Waals surface area contributed by atoms with Gasteiger partial charge in [0.2, 0.25) is 0 Å². The van der Waals surface area contributed by atoms with Crippen LogP contribution in [0.2, 0.25) is 0 Å². The molecular formula is C18H21NO4. The molecule has 1 aromatic carbocycles. The summed E-state index contributed by atoms with van der Waals surface area (Å²) in [5.74, 6) is -0.726. The van der Waals surface area contributed by atoms with Crippen LogP contribution in [0.5, 0.6) is 0 Å². The van der Waals surface area contributed by atoms with Crippen LogP contribution in [0.25, 0.3) is 17.0 Å². The summed E-state index contributed by atoms with van der Waals surface area (Å²) in [7, 11) is 1.33. The molecule has 0 fully saturated rings. The number of esters is 2. The average molecular weight is 315 g/mol. The van der Waals surface area contributed by atoms with Crippen LogP contribution in [0.4, 0.5) is 0 Å². The third-order valence-electron chi connectivity index (χ3n) is 3.14. The summed E-state index contributed by atoms with van der Waals surface area (Å²) in [6.07, 6.45) is 4.87. The fourth-order valence-electron chi connectivity index (χ4n) is 2.28. The van der Waals surface area contributed by atoms with Crippen molar-refractivity contribution in [1.82, 2.24) is 4.57 Å². The number of hydrogen-bond acceptors (Lipinski definition) is 4. The lowest BCUT2D eigenvalue weighted by molar-refractivity contribution is -0.155. The van der Waals surface area contributed by atoms with E-state index in [2.05, 4.69) is 4.74 Å². The first kappa shape index (κ1) is 16.8. The zero-order valence-corrected chi connectivity index (χ0v) is 13.8. The van der Waals surface area contributed by atoms with Crippen molar-refractivity contribution in [2.45, 2.75) is 32.9 Å². The lowest BCUT2D eigenvalue weighted by Gasteiger charge is -2.19. The number of nitrogens with zero attached hydrogens (tertiary/aromatic N) is 1. The van der Waals surface area contributed by atoms with E-state index in [0.29, 0.717) is 0 Å².